The fraction of sp³-hybridized carbons (Fsp3) is 0.136. The summed E-state index contributed by atoms with van der Waals surface area (Å²) in [5.74, 6) is -0.435. The highest BCUT2D eigenvalue weighted by Crippen LogP contribution is 2.34. The number of H-pyrrole nitrogens is 2. The van der Waals surface area contributed by atoms with Gasteiger partial charge < -0.3 is 10.3 Å². The maximum atomic E-state index is 13.0. The van der Waals surface area contributed by atoms with E-state index in [2.05, 4.69) is 25.5 Å². The number of nitrogens with zero attached hydrogens (tertiary/aromatic N) is 3. The Morgan fingerprint density at radius 1 is 1.06 bits per heavy atom. The van der Waals surface area contributed by atoms with E-state index in [-0.39, 0.29) is 22.9 Å². The molecule has 4 aromatic rings. The number of thioether (sulfide) groups is 1. The van der Waals surface area contributed by atoms with Gasteiger partial charge in [-0.1, -0.05) is 41.6 Å². The summed E-state index contributed by atoms with van der Waals surface area (Å²) < 4.78 is 40.6. The van der Waals surface area contributed by atoms with Crippen molar-refractivity contribution in [3.8, 4) is 5.69 Å². The van der Waals surface area contributed by atoms with E-state index in [1.807, 2.05) is 0 Å². The monoisotopic (exact) mass is 536 g/mol. The lowest BCUT2D eigenvalue weighted by molar-refractivity contribution is -0.137. The van der Waals surface area contributed by atoms with Crippen LogP contribution in [-0.2, 0) is 17.4 Å². The number of hydrogen-bond acceptors (Lipinski definition) is 6. The number of aromatic nitrogens is 5. The third kappa shape index (κ3) is 6.04. The SMILES string of the molecule is O=C(CSc1nnc(Cc2cc(=O)[nH]c(=O)[nH]2)n1-c1ccccc1)Nc1cc(C(F)(F)F)ccc1Cl. The zero-order chi connectivity index (χ0) is 25.9. The van der Waals surface area contributed by atoms with Gasteiger partial charge in [0.15, 0.2) is 5.16 Å². The summed E-state index contributed by atoms with van der Waals surface area (Å²) in [4.78, 5) is 40.4. The van der Waals surface area contributed by atoms with Gasteiger partial charge in [-0.25, -0.2) is 4.79 Å². The molecule has 2 heterocycles. The number of nitrogens with one attached hydrogen (secondary N) is 3. The first kappa shape index (κ1) is 25.3. The number of anilines is 1. The fourth-order valence-electron chi connectivity index (χ4n) is 3.24. The lowest BCUT2D eigenvalue weighted by atomic mass is 10.2. The number of rotatable bonds is 7. The third-order valence-corrected chi connectivity index (χ3v) is 6.04. The van der Waals surface area contributed by atoms with Crippen LogP contribution >= 0.6 is 23.4 Å². The topological polar surface area (TPSA) is 126 Å². The summed E-state index contributed by atoms with van der Waals surface area (Å²) >= 11 is 6.95. The Morgan fingerprint density at radius 3 is 2.50 bits per heavy atom. The first-order valence-electron chi connectivity index (χ1n) is 10.2. The molecule has 2 aromatic carbocycles. The minimum Gasteiger partial charge on any atom is -0.324 e. The average Bonchev–Trinajstić information content (AvgIpc) is 3.20. The number of halogens is 4. The standard InChI is InChI=1S/C22H16ClF3N6O3S/c23-15-7-6-12(22(24,25)26)8-16(15)28-19(34)11-36-21-31-30-17(32(21)14-4-2-1-3-5-14)9-13-10-18(33)29-20(35)27-13/h1-8,10H,9,11H2,(H,28,34)(H2,27,29,33,35). The Hall–Kier alpha value is -3.84. The van der Waals surface area contributed by atoms with E-state index < -0.39 is 28.9 Å². The van der Waals surface area contributed by atoms with Crippen molar-refractivity contribution >= 4 is 35.0 Å². The van der Waals surface area contributed by atoms with Gasteiger partial charge in [0.05, 0.1) is 22.0 Å². The smallest absolute Gasteiger partial charge is 0.324 e. The normalized spacial score (nSPS) is 11.4. The highest BCUT2D eigenvalue weighted by atomic mass is 35.5. The van der Waals surface area contributed by atoms with E-state index >= 15 is 0 Å². The molecule has 0 atom stereocenters. The molecule has 0 saturated carbocycles. The molecule has 1 amide bonds. The first-order chi connectivity index (χ1) is 17.1. The van der Waals surface area contributed by atoms with Gasteiger partial charge in [-0.05, 0) is 30.3 Å². The van der Waals surface area contributed by atoms with Crippen LogP contribution in [0.15, 0.2) is 69.3 Å². The Kier molecular flexibility index (Phi) is 7.31. The van der Waals surface area contributed by atoms with Crippen LogP contribution in [0.1, 0.15) is 17.1 Å². The second kappa shape index (κ2) is 10.4. The summed E-state index contributed by atoms with van der Waals surface area (Å²) in [6, 6.07) is 12.8. The number of benzene rings is 2. The molecule has 0 spiro atoms. The quantitative estimate of drug-likeness (QED) is 0.310. The van der Waals surface area contributed by atoms with Crippen LogP contribution < -0.4 is 16.6 Å². The van der Waals surface area contributed by atoms with Gasteiger partial charge in [0.1, 0.15) is 5.82 Å². The number of para-hydroxylation sites is 1. The van der Waals surface area contributed by atoms with Gasteiger partial charge in [-0.2, -0.15) is 13.2 Å². The van der Waals surface area contributed by atoms with E-state index in [1.54, 1.807) is 34.9 Å². The molecule has 0 aliphatic carbocycles. The molecule has 3 N–H and O–H groups in total. The molecular weight excluding hydrogens is 521 g/mol. The van der Waals surface area contributed by atoms with Gasteiger partial charge in [-0.15, -0.1) is 10.2 Å². The number of amides is 1. The van der Waals surface area contributed by atoms with Crippen LogP contribution in [0.4, 0.5) is 18.9 Å². The molecular formula is C22H16ClF3N6O3S. The number of hydrogen-bond donors (Lipinski definition) is 3. The molecule has 0 bridgehead atoms. The Morgan fingerprint density at radius 2 is 1.81 bits per heavy atom. The van der Waals surface area contributed by atoms with Crippen molar-refractivity contribution in [2.24, 2.45) is 0 Å². The summed E-state index contributed by atoms with van der Waals surface area (Å²) in [7, 11) is 0. The maximum absolute atomic E-state index is 13.0. The minimum absolute atomic E-state index is 0.0390. The molecule has 2 aromatic heterocycles. The lowest BCUT2D eigenvalue weighted by Crippen LogP contribution is -2.23. The van der Waals surface area contributed by atoms with E-state index in [4.69, 9.17) is 11.6 Å². The molecule has 36 heavy (non-hydrogen) atoms. The molecule has 9 nitrogen and oxygen atoms in total. The predicted molar refractivity (Wildman–Crippen MR) is 128 cm³/mol. The molecule has 0 aliphatic heterocycles. The third-order valence-electron chi connectivity index (χ3n) is 4.78. The summed E-state index contributed by atoms with van der Waals surface area (Å²) in [5, 5.41) is 10.9. The van der Waals surface area contributed by atoms with Crippen molar-refractivity contribution in [3.63, 3.8) is 0 Å². The van der Waals surface area contributed by atoms with Gasteiger partial charge in [0, 0.05) is 23.9 Å². The fourth-order valence-corrected chi connectivity index (χ4v) is 4.18. The molecule has 0 fully saturated rings. The van der Waals surface area contributed by atoms with Crippen molar-refractivity contribution in [2.75, 3.05) is 11.1 Å². The lowest BCUT2D eigenvalue weighted by Gasteiger charge is -2.12. The maximum Gasteiger partial charge on any atom is 0.416 e. The Balaban J connectivity index is 1.56. The molecule has 0 radical (unpaired) electrons. The summed E-state index contributed by atoms with van der Waals surface area (Å²) in [6.45, 7) is 0. The molecule has 0 aliphatic rings. The van der Waals surface area contributed by atoms with Crippen LogP contribution in [0.25, 0.3) is 5.69 Å². The summed E-state index contributed by atoms with van der Waals surface area (Å²) in [6.07, 6.45) is -4.52. The second-order valence-electron chi connectivity index (χ2n) is 7.39. The van der Waals surface area contributed by atoms with Crippen LogP contribution in [-0.4, -0.2) is 36.4 Å². The average molecular weight is 537 g/mol. The number of carbonyl (C=O) groups excluding carboxylic acids is 1. The molecule has 0 unspecified atom stereocenters. The van der Waals surface area contributed by atoms with E-state index in [0.717, 1.165) is 30.0 Å². The Labute approximate surface area is 209 Å². The zero-order valence-corrected chi connectivity index (χ0v) is 19.7. The van der Waals surface area contributed by atoms with Gasteiger partial charge >= 0.3 is 11.9 Å². The molecule has 14 heteroatoms. The Bertz CT molecular complexity index is 1490. The van der Waals surface area contributed by atoms with E-state index in [1.165, 1.54) is 6.07 Å². The highest BCUT2D eigenvalue weighted by Gasteiger charge is 2.31. The van der Waals surface area contributed by atoms with Crippen LogP contribution in [0.5, 0.6) is 0 Å². The van der Waals surface area contributed by atoms with Crippen molar-refractivity contribution in [1.82, 2.24) is 24.7 Å². The molecule has 4 rings (SSSR count). The first-order valence-corrected chi connectivity index (χ1v) is 11.6. The van der Waals surface area contributed by atoms with Gasteiger partial charge in [0.25, 0.3) is 5.56 Å². The van der Waals surface area contributed by atoms with Gasteiger partial charge in [0.2, 0.25) is 5.91 Å². The number of aromatic amines is 2. The van der Waals surface area contributed by atoms with E-state index in [0.29, 0.717) is 22.4 Å². The second-order valence-corrected chi connectivity index (χ2v) is 8.74. The van der Waals surface area contributed by atoms with Crippen molar-refractivity contribution < 1.29 is 18.0 Å². The largest absolute Gasteiger partial charge is 0.416 e. The van der Waals surface area contributed by atoms with Crippen molar-refractivity contribution in [3.05, 3.63) is 97.5 Å². The zero-order valence-electron chi connectivity index (χ0n) is 18.1. The van der Waals surface area contributed by atoms with Crippen molar-refractivity contribution in [2.45, 2.75) is 17.8 Å². The number of alkyl halides is 3. The van der Waals surface area contributed by atoms with E-state index in [9.17, 15) is 27.6 Å². The minimum atomic E-state index is -4.59. The van der Waals surface area contributed by atoms with Crippen LogP contribution in [0.3, 0.4) is 0 Å². The highest BCUT2D eigenvalue weighted by molar-refractivity contribution is 7.99. The predicted octanol–water partition coefficient (Wildman–Crippen LogP) is 3.64. The van der Waals surface area contributed by atoms with Gasteiger partial charge in [-0.3, -0.25) is 19.1 Å². The number of carbonyl (C=O) groups is 1. The molecule has 186 valence electrons. The summed E-state index contributed by atoms with van der Waals surface area (Å²) in [5.41, 5.74) is -1.38. The van der Waals surface area contributed by atoms with Crippen molar-refractivity contribution in [1.29, 1.82) is 0 Å². The molecule has 0 saturated heterocycles. The van der Waals surface area contributed by atoms with Crippen LogP contribution in [0, 0.1) is 0 Å². The van der Waals surface area contributed by atoms with Crippen LogP contribution in [0.2, 0.25) is 5.02 Å².